The SMILES string of the molecule is CCOC(=O)CCNc1nc(C(C)C)nc(NC)c1C. The number of nitrogens with one attached hydrogen (secondary N) is 2. The average molecular weight is 280 g/mol. The summed E-state index contributed by atoms with van der Waals surface area (Å²) in [6.45, 7) is 8.75. The molecule has 0 radical (unpaired) electrons. The van der Waals surface area contributed by atoms with Gasteiger partial charge in [0.2, 0.25) is 0 Å². The normalized spacial score (nSPS) is 10.5. The van der Waals surface area contributed by atoms with Gasteiger partial charge in [0.1, 0.15) is 17.5 Å². The molecule has 0 amide bonds. The summed E-state index contributed by atoms with van der Waals surface area (Å²) in [5.41, 5.74) is 0.945. The fraction of sp³-hybridized carbons (Fsp3) is 0.643. The van der Waals surface area contributed by atoms with Gasteiger partial charge in [-0.25, -0.2) is 9.97 Å². The van der Waals surface area contributed by atoms with E-state index in [-0.39, 0.29) is 11.9 Å². The van der Waals surface area contributed by atoms with Crippen LogP contribution in [0.5, 0.6) is 0 Å². The van der Waals surface area contributed by atoms with Gasteiger partial charge in [-0.3, -0.25) is 4.79 Å². The molecule has 0 aliphatic carbocycles. The largest absolute Gasteiger partial charge is 0.466 e. The third-order valence-corrected chi connectivity index (χ3v) is 2.84. The fourth-order valence-electron chi connectivity index (χ4n) is 1.72. The predicted octanol–water partition coefficient (Wildman–Crippen LogP) is 2.32. The Kier molecular flexibility index (Phi) is 6.21. The van der Waals surface area contributed by atoms with Crippen molar-refractivity contribution in [2.75, 3.05) is 30.8 Å². The molecule has 1 rings (SSSR count). The number of hydrogen-bond acceptors (Lipinski definition) is 6. The lowest BCUT2D eigenvalue weighted by atomic mass is 10.2. The van der Waals surface area contributed by atoms with Crippen molar-refractivity contribution in [1.29, 1.82) is 0 Å². The molecule has 1 heterocycles. The third-order valence-electron chi connectivity index (χ3n) is 2.84. The first-order valence-electron chi connectivity index (χ1n) is 6.95. The van der Waals surface area contributed by atoms with Crippen molar-refractivity contribution < 1.29 is 9.53 Å². The van der Waals surface area contributed by atoms with Gasteiger partial charge in [-0.2, -0.15) is 0 Å². The number of rotatable bonds is 7. The molecule has 6 heteroatoms. The molecule has 0 saturated carbocycles. The van der Waals surface area contributed by atoms with E-state index in [1.807, 2.05) is 27.8 Å². The minimum atomic E-state index is -0.204. The van der Waals surface area contributed by atoms with E-state index in [0.717, 1.165) is 23.0 Å². The van der Waals surface area contributed by atoms with Gasteiger partial charge in [0.25, 0.3) is 0 Å². The summed E-state index contributed by atoms with van der Waals surface area (Å²) >= 11 is 0. The Bertz CT molecular complexity index is 461. The lowest BCUT2D eigenvalue weighted by molar-refractivity contribution is -0.142. The number of hydrogen-bond donors (Lipinski definition) is 2. The van der Waals surface area contributed by atoms with Crippen molar-refractivity contribution in [3.8, 4) is 0 Å². The molecule has 0 saturated heterocycles. The quantitative estimate of drug-likeness (QED) is 0.746. The van der Waals surface area contributed by atoms with E-state index >= 15 is 0 Å². The van der Waals surface area contributed by atoms with Crippen LogP contribution in [-0.4, -0.2) is 36.1 Å². The highest BCUT2D eigenvalue weighted by molar-refractivity contribution is 5.70. The molecule has 0 atom stereocenters. The standard InChI is InChI=1S/C14H24N4O2/c1-6-20-11(19)7-8-16-14-10(4)13(15-5)17-12(18-14)9(2)3/h9H,6-8H2,1-5H3,(H2,15,16,17,18). The van der Waals surface area contributed by atoms with Crippen LogP contribution in [0.15, 0.2) is 0 Å². The maximum Gasteiger partial charge on any atom is 0.307 e. The number of ether oxygens (including phenoxy) is 1. The lowest BCUT2D eigenvalue weighted by Crippen LogP contribution is -2.15. The van der Waals surface area contributed by atoms with E-state index in [4.69, 9.17) is 4.74 Å². The smallest absolute Gasteiger partial charge is 0.307 e. The topological polar surface area (TPSA) is 76.1 Å². The molecule has 0 aromatic carbocycles. The summed E-state index contributed by atoms with van der Waals surface area (Å²) in [5.74, 6) is 2.39. The molecule has 6 nitrogen and oxygen atoms in total. The van der Waals surface area contributed by atoms with Gasteiger partial charge in [0.05, 0.1) is 13.0 Å². The minimum absolute atomic E-state index is 0.204. The molecule has 2 N–H and O–H groups in total. The van der Waals surface area contributed by atoms with Crippen molar-refractivity contribution >= 4 is 17.6 Å². The van der Waals surface area contributed by atoms with E-state index in [0.29, 0.717) is 19.6 Å². The summed E-state index contributed by atoms with van der Waals surface area (Å²) in [6.07, 6.45) is 0.323. The Balaban J connectivity index is 2.78. The van der Waals surface area contributed by atoms with Gasteiger partial charge in [-0.05, 0) is 13.8 Å². The summed E-state index contributed by atoms with van der Waals surface area (Å²) in [4.78, 5) is 20.3. The summed E-state index contributed by atoms with van der Waals surface area (Å²) in [5, 5.41) is 6.25. The van der Waals surface area contributed by atoms with Gasteiger partial charge in [-0.1, -0.05) is 13.8 Å². The van der Waals surface area contributed by atoms with Crippen molar-refractivity contribution in [3.63, 3.8) is 0 Å². The van der Waals surface area contributed by atoms with Crippen molar-refractivity contribution in [3.05, 3.63) is 11.4 Å². The monoisotopic (exact) mass is 280 g/mol. The van der Waals surface area contributed by atoms with Crippen molar-refractivity contribution in [2.24, 2.45) is 0 Å². The van der Waals surface area contributed by atoms with Crippen LogP contribution in [0.2, 0.25) is 0 Å². The Morgan fingerprint density at radius 3 is 2.50 bits per heavy atom. The Morgan fingerprint density at radius 2 is 1.95 bits per heavy atom. The first-order valence-corrected chi connectivity index (χ1v) is 6.95. The number of anilines is 2. The molecular weight excluding hydrogens is 256 g/mol. The Morgan fingerprint density at radius 1 is 1.30 bits per heavy atom. The Hall–Kier alpha value is -1.85. The van der Waals surface area contributed by atoms with E-state index < -0.39 is 0 Å². The van der Waals surface area contributed by atoms with Crippen LogP contribution in [0, 0.1) is 6.92 Å². The van der Waals surface area contributed by atoms with Crippen LogP contribution < -0.4 is 10.6 Å². The Labute approximate surface area is 120 Å². The zero-order chi connectivity index (χ0) is 15.1. The third kappa shape index (κ3) is 4.36. The van der Waals surface area contributed by atoms with Gasteiger partial charge in [0, 0.05) is 25.1 Å². The second-order valence-corrected chi connectivity index (χ2v) is 4.79. The number of nitrogens with zero attached hydrogens (tertiary/aromatic N) is 2. The van der Waals surface area contributed by atoms with Crippen LogP contribution in [0.4, 0.5) is 11.6 Å². The zero-order valence-corrected chi connectivity index (χ0v) is 12.9. The lowest BCUT2D eigenvalue weighted by Gasteiger charge is -2.15. The molecule has 20 heavy (non-hydrogen) atoms. The second-order valence-electron chi connectivity index (χ2n) is 4.79. The number of esters is 1. The molecule has 0 fully saturated rings. The first-order chi connectivity index (χ1) is 9.49. The van der Waals surface area contributed by atoms with Crippen LogP contribution in [0.1, 0.15) is 44.5 Å². The maximum atomic E-state index is 11.3. The molecular formula is C14H24N4O2. The van der Waals surface area contributed by atoms with E-state index in [9.17, 15) is 4.79 Å². The van der Waals surface area contributed by atoms with E-state index in [1.165, 1.54) is 0 Å². The number of aromatic nitrogens is 2. The summed E-state index contributed by atoms with van der Waals surface area (Å²) in [6, 6.07) is 0. The molecule has 112 valence electrons. The molecule has 0 aliphatic rings. The van der Waals surface area contributed by atoms with Gasteiger partial charge >= 0.3 is 5.97 Å². The number of carbonyl (C=O) groups excluding carboxylic acids is 1. The fourth-order valence-corrected chi connectivity index (χ4v) is 1.72. The first kappa shape index (κ1) is 16.2. The van der Waals surface area contributed by atoms with Crippen molar-refractivity contribution in [1.82, 2.24) is 9.97 Å². The molecule has 0 spiro atoms. The molecule has 1 aromatic rings. The van der Waals surface area contributed by atoms with Crippen LogP contribution in [-0.2, 0) is 9.53 Å². The molecule has 1 aromatic heterocycles. The average Bonchev–Trinajstić information content (AvgIpc) is 2.40. The van der Waals surface area contributed by atoms with Crippen LogP contribution >= 0.6 is 0 Å². The van der Waals surface area contributed by atoms with Crippen LogP contribution in [0.25, 0.3) is 0 Å². The number of carbonyl (C=O) groups is 1. The van der Waals surface area contributed by atoms with Gasteiger partial charge < -0.3 is 15.4 Å². The van der Waals surface area contributed by atoms with Crippen LogP contribution in [0.3, 0.4) is 0 Å². The van der Waals surface area contributed by atoms with E-state index in [1.54, 1.807) is 6.92 Å². The summed E-state index contributed by atoms with van der Waals surface area (Å²) < 4.78 is 4.89. The minimum Gasteiger partial charge on any atom is -0.466 e. The molecule has 0 aliphatic heterocycles. The van der Waals surface area contributed by atoms with Gasteiger partial charge in [-0.15, -0.1) is 0 Å². The predicted molar refractivity (Wildman–Crippen MR) is 80.1 cm³/mol. The maximum absolute atomic E-state index is 11.3. The molecule has 0 bridgehead atoms. The highest BCUT2D eigenvalue weighted by atomic mass is 16.5. The highest BCUT2D eigenvalue weighted by Gasteiger charge is 2.12. The zero-order valence-electron chi connectivity index (χ0n) is 12.9. The summed E-state index contributed by atoms with van der Waals surface area (Å²) in [7, 11) is 1.84. The second kappa shape index (κ2) is 7.67. The molecule has 0 unspecified atom stereocenters. The van der Waals surface area contributed by atoms with Gasteiger partial charge in [0.15, 0.2) is 0 Å². The highest BCUT2D eigenvalue weighted by Crippen LogP contribution is 2.22. The van der Waals surface area contributed by atoms with Crippen molar-refractivity contribution in [2.45, 2.75) is 40.0 Å². The van der Waals surface area contributed by atoms with E-state index in [2.05, 4.69) is 20.6 Å².